The zero-order valence-corrected chi connectivity index (χ0v) is 22.2. The van der Waals surface area contributed by atoms with Crippen LogP contribution in [-0.2, 0) is 14.3 Å². The Morgan fingerprint density at radius 1 is 1.08 bits per heavy atom. The molecule has 0 radical (unpaired) electrons. The van der Waals surface area contributed by atoms with Gasteiger partial charge in [-0.15, -0.1) is 0 Å². The number of esters is 1. The Morgan fingerprint density at radius 2 is 1.79 bits per heavy atom. The van der Waals surface area contributed by atoms with Crippen LogP contribution in [0.2, 0.25) is 0 Å². The molecule has 0 aliphatic carbocycles. The fourth-order valence-corrected chi connectivity index (χ4v) is 5.64. The van der Waals surface area contributed by atoms with Gasteiger partial charge in [-0.05, 0) is 56.7 Å². The molecule has 0 bridgehead atoms. The van der Waals surface area contributed by atoms with Crippen molar-refractivity contribution in [1.29, 1.82) is 0 Å². The van der Waals surface area contributed by atoms with Gasteiger partial charge >= 0.3 is 5.97 Å². The van der Waals surface area contributed by atoms with Gasteiger partial charge in [-0.1, -0.05) is 41.7 Å². The molecule has 9 nitrogen and oxygen atoms in total. The van der Waals surface area contributed by atoms with Crippen LogP contribution in [0.4, 0.5) is 5.69 Å². The molecule has 10 heteroatoms. The standard InChI is InChI=1S/C28H26N4O5S/c1-5-37-27(35)23-17(3)29-28-31(24(23)18-11-13-20(36-4)14-12-18)26(34)22(38-28)15-21-16(2)30-32(25(21)33)19-9-7-6-8-10-19/h6-15,21,24H,5H2,1-4H3/b22-15+/t21-,24-/m1/s1. The largest absolute Gasteiger partial charge is 0.497 e. The van der Waals surface area contributed by atoms with Crippen molar-refractivity contribution in [2.45, 2.75) is 26.8 Å². The fourth-order valence-electron chi connectivity index (χ4n) is 4.58. The molecule has 5 rings (SSSR count). The van der Waals surface area contributed by atoms with Crippen LogP contribution in [0.1, 0.15) is 32.4 Å². The first-order chi connectivity index (χ1) is 18.3. The van der Waals surface area contributed by atoms with Gasteiger partial charge in [0.15, 0.2) is 4.80 Å². The van der Waals surface area contributed by atoms with Crippen molar-refractivity contribution in [1.82, 2.24) is 4.57 Å². The number of anilines is 1. The van der Waals surface area contributed by atoms with E-state index in [1.54, 1.807) is 58.2 Å². The van der Waals surface area contributed by atoms with Crippen LogP contribution in [0, 0.1) is 5.92 Å². The van der Waals surface area contributed by atoms with E-state index in [0.29, 0.717) is 43.3 Å². The Labute approximate surface area is 222 Å². The summed E-state index contributed by atoms with van der Waals surface area (Å²) in [6.07, 6.45) is 1.64. The maximum Gasteiger partial charge on any atom is 0.338 e. The van der Waals surface area contributed by atoms with Gasteiger partial charge in [0.25, 0.3) is 11.5 Å². The quantitative estimate of drug-likeness (QED) is 0.456. The smallest absolute Gasteiger partial charge is 0.338 e. The van der Waals surface area contributed by atoms with Crippen LogP contribution in [0.5, 0.6) is 5.75 Å². The number of carbonyl (C=O) groups excluding carboxylic acids is 2. The van der Waals surface area contributed by atoms with E-state index >= 15 is 0 Å². The molecule has 1 aromatic heterocycles. The first-order valence-electron chi connectivity index (χ1n) is 12.1. The third-order valence-corrected chi connectivity index (χ3v) is 7.45. The van der Waals surface area contributed by atoms with Crippen LogP contribution >= 0.6 is 11.3 Å². The molecular weight excluding hydrogens is 504 g/mol. The number of benzene rings is 2. The Balaban J connectivity index is 1.62. The topological polar surface area (TPSA) is 103 Å². The molecule has 2 aromatic carbocycles. The van der Waals surface area contributed by atoms with Gasteiger partial charge in [0.05, 0.1) is 47.0 Å². The molecule has 0 N–H and O–H groups in total. The average Bonchev–Trinajstić information content (AvgIpc) is 3.38. The van der Waals surface area contributed by atoms with Gasteiger partial charge < -0.3 is 9.47 Å². The molecule has 3 heterocycles. The van der Waals surface area contributed by atoms with E-state index in [1.807, 2.05) is 30.3 Å². The molecule has 3 aromatic rings. The van der Waals surface area contributed by atoms with Crippen LogP contribution in [-0.4, -0.2) is 35.9 Å². The minimum Gasteiger partial charge on any atom is -0.497 e. The molecular formula is C28H26N4O5S. The van der Waals surface area contributed by atoms with Crippen molar-refractivity contribution in [3.8, 4) is 5.75 Å². The van der Waals surface area contributed by atoms with E-state index in [0.717, 1.165) is 0 Å². The van der Waals surface area contributed by atoms with Gasteiger partial charge in [-0.2, -0.15) is 10.1 Å². The summed E-state index contributed by atoms with van der Waals surface area (Å²) < 4.78 is 12.5. The van der Waals surface area contributed by atoms with Crippen LogP contribution in [0.25, 0.3) is 6.08 Å². The number of methoxy groups -OCH3 is 1. The van der Waals surface area contributed by atoms with Crippen molar-refractivity contribution in [2.75, 3.05) is 18.7 Å². The molecule has 2 aliphatic heterocycles. The second-order valence-electron chi connectivity index (χ2n) is 8.80. The molecule has 38 heavy (non-hydrogen) atoms. The van der Waals surface area contributed by atoms with Crippen LogP contribution in [0.3, 0.4) is 0 Å². The molecule has 0 fully saturated rings. The maximum atomic E-state index is 13.8. The van der Waals surface area contributed by atoms with Gasteiger partial charge in [0.2, 0.25) is 0 Å². The number of carbonyl (C=O) groups is 2. The number of ether oxygens (including phenoxy) is 2. The second kappa shape index (κ2) is 10.2. The minimum absolute atomic E-state index is 0.190. The third-order valence-electron chi connectivity index (χ3n) is 6.45. The van der Waals surface area contributed by atoms with Crippen molar-refractivity contribution in [3.05, 3.63) is 91.1 Å². The second-order valence-corrected chi connectivity index (χ2v) is 9.81. The van der Waals surface area contributed by atoms with Gasteiger partial charge in [-0.25, -0.2) is 9.79 Å². The highest BCUT2D eigenvalue weighted by atomic mass is 32.1. The first kappa shape index (κ1) is 25.3. The highest BCUT2D eigenvalue weighted by Crippen LogP contribution is 2.32. The van der Waals surface area contributed by atoms with E-state index in [4.69, 9.17) is 9.47 Å². The number of nitrogens with zero attached hydrogens (tertiary/aromatic N) is 4. The number of aromatic nitrogens is 1. The van der Waals surface area contributed by atoms with Crippen molar-refractivity contribution in [3.63, 3.8) is 0 Å². The predicted octanol–water partition coefficient (Wildman–Crippen LogP) is 2.80. The lowest BCUT2D eigenvalue weighted by atomic mass is 9.96. The van der Waals surface area contributed by atoms with E-state index in [1.165, 1.54) is 20.9 Å². The Hall–Kier alpha value is -4.31. The van der Waals surface area contributed by atoms with Gasteiger partial charge in [0, 0.05) is 0 Å². The number of hydrogen-bond acceptors (Lipinski definition) is 8. The average molecular weight is 531 g/mol. The fraction of sp³-hybridized carbons (Fsp3) is 0.250. The number of fused-ring (bicyclic) bond motifs is 1. The summed E-state index contributed by atoms with van der Waals surface area (Å²) in [6.45, 7) is 5.42. The van der Waals surface area contributed by atoms with E-state index < -0.39 is 17.9 Å². The van der Waals surface area contributed by atoms with Crippen LogP contribution in [0.15, 0.2) is 80.8 Å². The Kier molecular flexibility index (Phi) is 6.81. The molecule has 2 aliphatic rings. The molecule has 1 amide bonds. The summed E-state index contributed by atoms with van der Waals surface area (Å²) in [4.78, 5) is 45.1. The Bertz CT molecular complexity index is 1650. The van der Waals surface area contributed by atoms with E-state index in [2.05, 4.69) is 10.1 Å². The first-order valence-corrected chi connectivity index (χ1v) is 12.9. The third kappa shape index (κ3) is 4.37. The lowest BCUT2D eigenvalue weighted by Crippen LogP contribution is -2.40. The maximum absolute atomic E-state index is 13.8. The number of allylic oxidation sites excluding steroid dienone is 1. The Morgan fingerprint density at radius 3 is 2.45 bits per heavy atom. The highest BCUT2D eigenvalue weighted by molar-refractivity contribution is 7.07. The number of hydrogen-bond donors (Lipinski definition) is 0. The van der Waals surface area contributed by atoms with E-state index in [9.17, 15) is 14.4 Å². The summed E-state index contributed by atoms with van der Waals surface area (Å²) in [5.74, 6) is -0.815. The summed E-state index contributed by atoms with van der Waals surface area (Å²) in [5, 5.41) is 5.79. The lowest BCUT2D eigenvalue weighted by molar-refractivity contribution is -0.139. The highest BCUT2D eigenvalue weighted by Gasteiger charge is 2.35. The predicted molar refractivity (Wildman–Crippen MR) is 145 cm³/mol. The van der Waals surface area contributed by atoms with Crippen molar-refractivity contribution >= 4 is 40.7 Å². The molecule has 194 valence electrons. The summed E-state index contributed by atoms with van der Waals surface area (Å²) >= 11 is 1.18. The normalized spacial score (nSPS) is 19.3. The summed E-state index contributed by atoms with van der Waals surface area (Å²) in [5.41, 5.74) is 2.37. The van der Waals surface area contributed by atoms with Crippen molar-refractivity contribution < 1.29 is 19.1 Å². The number of rotatable bonds is 6. The lowest BCUT2D eigenvalue weighted by Gasteiger charge is -2.24. The zero-order valence-electron chi connectivity index (χ0n) is 21.4. The molecule has 2 atom stereocenters. The number of hydrazone groups is 1. The van der Waals surface area contributed by atoms with Crippen molar-refractivity contribution in [2.24, 2.45) is 16.0 Å². The summed E-state index contributed by atoms with van der Waals surface area (Å²) in [7, 11) is 1.57. The van der Waals surface area contributed by atoms with Gasteiger partial charge in [-0.3, -0.25) is 14.2 Å². The SMILES string of the molecule is CCOC(=O)C1=C(C)N=c2s/c(=C/[C@H]3C(=O)N(c4ccccc4)N=C3C)c(=O)n2[C@@H]1c1ccc(OC)cc1. The van der Waals surface area contributed by atoms with Gasteiger partial charge in [0.1, 0.15) is 11.7 Å². The summed E-state index contributed by atoms with van der Waals surface area (Å²) in [6, 6.07) is 15.6. The molecule has 0 saturated carbocycles. The number of para-hydroxylation sites is 1. The van der Waals surface area contributed by atoms with E-state index in [-0.39, 0.29) is 18.1 Å². The number of thiazole rings is 1. The molecule has 0 unspecified atom stereocenters. The zero-order chi connectivity index (χ0) is 27.0. The monoisotopic (exact) mass is 530 g/mol. The van der Waals surface area contributed by atoms with Crippen LogP contribution < -0.4 is 24.6 Å². The number of amides is 1. The minimum atomic E-state index is -0.742. The molecule has 0 saturated heterocycles. The molecule has 0 spiro atoms.